The number of rotatable bonds is 9. The van der Waals surface area contributed by atoms with Crippen LogP contribution in [0.2, 0.25) is 0 Å². The Morgan fingerprint density at radius 1 is 0.826 bits per heavy atom. The Balaban J connectivity index is 2.28. The molecular weight excluding hydrogens is 282 g/mol. The third kappa shape index (κ3) is 4.21. The van der Waals surface area contributed by atoms with E-state index in [1.54, 1.807) is 0 Å². The second-order valence-electron chi connectivity index (χ2n) is 5.89. The van der Waals surface area contributed by atoms with Crippen molar-refractivity contribution in [1.29, 1.82) is 0 Å². The van der Waals surface area contributed by atoms with E-state index in [2.05, 4.69) is 79.4 Å². The highest BCUT2D eigenvalue weighted by Crippen LogP contribution is 2.37. The number of benzene rings is 2. The van der Waals surface area contributed by atoms with E-state index in [4.69, 9.17) is 4.74 Å². The van der Waals surface area contributed by atoms with E-state index in [0.717, 1.165) is 32.5 Å². The summed E-state index contributed by atoms with van der Waals surface area (Å²) < 4.78 is 6.14. The van der Waals surface area contributed by atoms with Crippen LogP contribution in [0.5, 0.6) is 0 Å². The first-order valence-electron chi connectivity index (χ1n) is 8.65. The van der Waals surface area contributed by atoms with E-state index in [9.17, 15) is 0 Å². The highest BCUT2D eigenvalue weighted by Gasteiger charge is 2.33. The number of hydrogen-bond acceptors (Lipinski definition) is 2. The predicted octanol–water partition coefficient (Wildman–Crippen LogP) is 4.70. The maximum Gasteiger partial charge on any atom is 0.118 e. The molecule has 0 spiro atoms. The molecule has 0 fully saturated rings. The van der Waals surface area contributed by atoms with Gasteiger partial charge in [0.05, 0.1) is 0 Å². The first kappa shape index (κ1) is 17.7. The number of ether oxygens (including phenoxy) is 1. The Morgan fingerprint density at radius 2 is 1.30 bits per heavy atom. The Labute approximate surface area is 141 Å². The highest BCUT2D eigenvalue weighted by molar-refractivity contribution is 5.36. The van der Waals surface area contributed by atoms with E-state index >= 15 is 0 Å². The van der Waals surface area contributed by atoms with Gasteiger partial charge in [-0.25, -0.2) is 0 Å². The Bertz CT molecular complexity index is 509. The monoisotopic (exact) mass is 311 g/mol. The number of methoxy groups -OCH3 is 1. The quantitative estimate of drug-likeness (QED) is 0.665. The SMILES string of the molecule is CCN(CC)CCCC(OC)(c1ccccc1)c1ccccc1. The van der Waals surface area contributed by atoms with Gasteiger partial charge in [-0.2, -0.15) is 0 Å². The summed E-state index contributed by atoms with van der Waals surface area (Å²) in [5.74, 6) is 0. The van der Waals surface area contributed by atoms with Crippen molar-refractivity contribution < 1.29 is 4.74 Å². The van der Waals surface area contributed by atoms with Crippen molar-refractivity contribution in [3.05, 3.63) is 71.8 Å². The summed E-state index contributed by atoms with van der Waals surface area (Å²) in [6, 6.07) is 21.2. The molecule has 23 heavy (non-hydrogen) atoms. The second-order valence-corrected chi connectivity index (χ2v) is 5.89. The van der Waals surface area contributed by atoms with Gasteiger partial charge in [-0.05, 0) is 43.6 Å². The van der Waals surface area contributed by atoms with Crippen LogP contribution in [0.4, 0.5) is 0 Å². The van der Waals surface area contributed by atoms with Crippen LogP contribution >= 0.6 is 0 Å². The minimum Gasteiger partial charge on any atom is -0.369 e. The van der Waals surface area contributed by atoms with Gasteiger partial charge >= 0.3 is 0 Å². The van der Waals surface area contributed by atoms with Crippen LogP contribution in [-0.2, 0) is 10.3 Å². The molecule has 0 saturated heterocycles. The molecular formula is C21H29NO. The molecule has 0 saturated carbocycles. The summed E-state index contributed by atoms with van der Waals surface area (Å²) in [7, 11) is 1.83. The largest absolute Gasteiger partial charge is 0.369 e. The van der Waals surface area contributed by atoms with Crippen LogP contribution in [0.1, 0.15) is 37.8 Å². The number of hydrogen-bond donors (Lipinski definition) is 0. The van der Waals surface area contributed by atoms with E-state index in [0.29, 0.717) is 0 Å². The standard InChI is InChI=1S/C21H29NO/c1-4-22(5-2)18-12-17-21(23-3,19-13-8-6-9-14-19)20-15-10-7-11-16-20/h6-11,13-16H,4-5,12,17-18H2,1-3H3. The Hall–Kier alpha value is -1.64. The average Bonchev–Trinajstić information content (AvgIpc) is 2.64. The van der Waals surface area contributed by atoms with Crippen LogP contribution in [0.25, 0.3) is 0 Å². The molecule has 2 nitrogen and oxygen atoms in total. The molecule has 0 aliphatic rings. The third-order valence-electron chi connectivity index (χ3n) is 4.73. The van der Waals surface area contributed by atoms with Gasteiger partial charge in [0.25, 0.3) is 0 Å². The van der Waals surface area contributed by atoms with Gasteiger partial charge in [0, 0.05) is 7.11 Å². The molecule has 0 atom stereocenters. The fourth-order valence-corrected chi connectivity index (χ4v) is 3.30. The summed E-state index contributed by atoms with van der Waals surface area (Å²) in [5, 5.41) is 0. The molecule has 0 amide bonds. The number of nitrogens with zero attached hydrogens (tertiary/aromatic N) is 1. The van der Waals surface area contributed by atoms with Crippen molar-refractivity contribution in [3.63, 3.8) is 0 Å². The molecule has 2 heteroatoms. The average molecular weight is 311 g/mol. The van der Waals surface area contributed by atoms with Crippen molar-refractivity contribution in [3.8, 4) is 0 Å². The molecule has 0 aliphatic heterocycles. The lowest BCUT2D eigenvalue weighted by atomic mass is 9.82. The third-order valence-corrected chi connectivity index (χ3v) is 4.73. The van der Waals surface area contributed by atoms with Crippen molar-refractivity contribution in [2.75, 3.05) is 26.7 Å². The zero-order chi connectivity index (χ0) is 16.5. The van der Waals surface area contributed by atoms with Gasteiger partial charge in [-0.3, -0.25) is 0 Å². The van der Waals surface area contributed by atoms with Gasteiger partial charge in [0.2, 0.25) is 0 Å². The predicted molar refractivity (Wildman–Crippen MR) is 97.7 cm³/mol. The Kier molecular flexibility index (Phi) is 6.82. The van der Waals surface area contributed by atoms with Crippen LogP contribution < -0.4 is 0 Å². The molecule has 0 unspecified atom stereocenters. The fourth-order valence-electron chi connectivity index (χ4n) is 3.30. The molecule has 0 aromatic heterocycles. The van der Waals surface area contributed by atoms with E-state index in [1.165, 1.54) is 11.1 Å². The van der Waals surface area contributed by atoms with Gasteiger partial charge in [-0.15, -0.1) is 0 Å². The summed E-state index contributed by atoms with van der Waals surface area (Å²) in [5.41, 5.74) is 2.09. The van der Waals surface area contributed by atoms with Crippen molar-refractivity contribution in [1.82, 2.24) is 4.90 Å². The fraction of sp³-hybridized carbons (Fsp3) is 0.429. The summed E-state index contributed by atoms with van der Waals surface area (Å²) in [4.78, 5) is 2.47. The summed E-state index contributed by atoms with van der Waals surface area (Å²) in [6.45, 7) is 7.76. The molecule has 0 heterocycles. The van der Waals surface area contributed by atoms with Crippen LogP contribution in [-0.4, -0.2) is 31.6 Å². The zero-order valence-corrected chi connectivity index (χ0v) is 14.7. The summed E-state index contributed by atoms with van der Waals surface area (Å²) >= 11 is 0. The topological polar surface area (TPSA) is 12.5 Å². The second kappa shape index (κ2) is 8.85. The minimum atomic E-state index is -0.365. The normalized spacial score (nSPS) is 11.8. The highest BCUT2D eigenvalue weighted by atomic mass is 16.5. The van der Waals surface area contributed by atoms with Crippen LogP contribution in [0.15, 0.2) is 60.7 Å². The van der Waals surface area contributed by atoms with Gasteiger partial charge < -0.3 is 9.64 Å². The lowest BCUT2D eigenvalue weighted by molar-refractivity contribution is 0.0108. The van der Waals surface area contributed by atoms with Crippen molar-refractivity contribution in [2.45, 2.75) is 32.3 Å². The first-order valence-corrected chi connectivity index (χ1v) is 8.65. The molecule has 2 aromatic rings. The van der Waals surface area contributed by atoms with E-state index in [1.807, 2.05) is 7.11 Å². The van der Waals surface area contributed by atoms with Gasteiger partial charge in [0.15, 0.2) is 0 Å². The van der Waals surface area contributed by atoms with Crippen molar-refractivity contribution in [2.24, 2.45) is 0 Å². The molecule has 0 N–H and O–H groups in total. The summed E-state index contributed by atoms with van der Waals surface area (Å²) in [6.07, 6.45) is 2.09. The lowest BCUT2D eigenvalue weighted by Gasteiger charge is -2.34. The first-order chi connectivity index (χ1) is 11.3. The maximum absolute atomic E-state index is 6.14. The van der Waals surface area contributed by atoms with E-state index < -0.39 is 0 Å². The molecule has 2 rings (SSSR count). The molecule has 0 aliphatic carbocycles. The molecule has 124 valence electrons. The smallest absolute Gasteiger partial charge is 0.118 e. The molecule has 0 bridgehead atoms. The molecule has 2 aromatic carbocycles. The maximum atomic E-state index is 6.14. The van der Waals surface area contributed by atoms with Gasteiger partial charge in [-0.1, -0.05) is 74.5 Å². The van der Waals surface area contributed by atoms with Gasteiger partial charge in [0.1, 0.15) is 5.60 Å². The van der Waals surface area contributed by atoms with Crippen LogP contribution in [0.3, 0.4) is 0 Å². The lowest BCUT2D eigenvalue weighted by Crippen LogP contribution is -2.32. The molecule has 0 radical (unpaired) electrons. The zero-order valence-electron chi connectivity index (χ0n) is 14.7. The van der Waals surface area contributed by atoms with E-state index in [-0.39, 0.29) is 5.60 Å². The minimum absolute atomic E-state index is 0.365. The van der Waals surface area contributed by atoms with Crippen molar-refractivity contribution >= 4 is 0 Å². The van der Waals surface area contributed by atoms with Crippen LogP contribution in [0, 0.1) is 0 Å². The Morgan fingerprint density at radius 3 is 1.70 bits per heavy atom.